The molecule has 0 radical (unpaired) electrons. The van der Waals surface area contributed by atoms with Gasteiger partial charge in [0.1, 0.15) is 0 Å². The Kier molecular flexibility index (Phi) is 5.05. The van der Waals surface area contributed by atoms with Crippen molar-refractivity contribution >= 4 is 5.82 Å². The molecule has 0 aliphatic rings. The van der Waals surface area contributed by atoms with Crippen LogP contribution in [-0.2, 0) is 0 Å². The predicted molar refractivity (Wildman–Crippen MR) is 66.8 cm³/mol. The first-order chi connectivity index (χ1) is 7.67. The fourth-order valence-electron chi connectivity index (χ4n) is 1.37. The van der Waals surface area contributed by atoms with E-state index >= 15 is 0 Å². The van der Waals surface area contributed by atoms with E-state index in [-0.39, 0.29) is 12.1 Å². The van der Waals surface area contributed by atoms with E-state index in [0.29, 0.717) is 6.54 Å². The van der Waals surface area contributed by atoms with E-state index in [1.165, 1.54) is 0 Å². The van der Waals surface area contributed by atoms with Gasteiger partial charge in [-0.25, -0.2) is 4.98 Å². The van der Waals surface area contributed by atoms with Crippen molar-refractivity contribution in [1.29, 1.82) is 0 Å². The maximum absolute atomic E-state index is 5.67. The zero-order chi connectivity index (χ0) is 12.0. The highest BCUT2D eigenvalue weighted by atomic mass is 16.5. The number of rotatable bonds is 6. The van der Waals surface area contributed by atoms with Gasteiger partial charge in [0.05, 0.1) is 6.10 Å². The molecule has 1 unspecified atom stereocenters. The molecule has 0 saturated carbocycles. The third kappa shape index (κ3) is 3.70. The number of ether oxygens (including phenoxy) is 1. The van der Waals surface area contributed by atoms with Crippen molar-refractivity contribution in [3.8, 4) is 5.75 Å². The van der Waals surface area contributed by atoms with Gasteiger partial charge in [0.25, 0.3) is 0 Å². The lowest BCUT2D eigenvalue weighted by Gasteiger charge is -2.19. The number of hydrogen-bond donors (Lipinski definition) is 2. The van der Waals surface area contributed by atoms with Crippen molar-refractivity contribution in [2.75, 3.05) is 11.9 Å². The molecule has 1 aromatic rings. The first kappa shape index (κ1) is 12.8. The Bertz CT molecular complexity index is 311. The largest absolute Gasteiger partial charge is 0.487 e. The van der Waals surface area contributed by atoms with Crippen molar-refractivity contribution in [2.24, 2.45) is 5.73 Å². The Morgan fingerprint density at radius 2 is 2.25 bits per heavy atom. The average Bonchev–Trinajstić information content (AvgIpc) is 2.27. The molecule has 0 fully saturated rings. The quantitative estimate of drug-likeness (QED) is 0.774. The minimum Gasteiger partial charge on any atom is -0.487 e. The highest BCUT2D eigenvalue weighted by Gasteiger charge is 2.10. The summed E-state index contributed by atoms with van der Waals surface area (Å²) in [6, 6.07) is 4.02. The summed E-state index contributed by atoms with van der Waals surface area (Å²) in [6.07, 6.45) is 2.86. The van der Waals surface area contributed by atoms with Gasteiger partial charge in [0, 0.05) is 18.8 Å². The van der Waals surface area contributed by atoms with Crippen LogP contribution in [0.2, 0.25) is 0 Å². The maximum atomic E-state index is 5.67. The number of pyridine rings is 1. The summed E-state index contributed by atoms with van der Waals surface area (Å²) in [6.45, 7) is 6.68. The Labute approximate surface area is 97.2 Å². The van der Waals surface area contributed by atoms with E-state index in [1.54, 1.807) is 6.20 Å². The number of nitrogens with one attached hydrogen (secondary N) is 1. The van der Waals surface area contributed by atoms with Crippen molar-refractivity contribution in [3.63, 3.8) is 0 Å². The SMILES string of the molecule is CCC(CN)Nc1ncccc1OC(C)C. The Morgan fingerprint density at radius 3 is 2.81 bits per heavy atom. The molecule has 4 nitrogen and oxygen atoms in total. The predicted octanol–water partition coefficient (Wildman–Crippen LogP) is 2.02. The van der Waals surface area contributed by atoms with Crippen molar-refractivity contribution in [3.05, 3.63) is 18.3 Å². The van der Waals surface area contributed by atoms with Crippen molar-refractivity contribution in [1.82, 2.24) is 4.98 Å². The molecule has 0 bridgehead atoms. The normalized spacial score (nSPS) is 12.6. The van der Waals surface area contributed by atoms with Crippen LogP contribution in [0.3, 0.4) is 0 Å². The van der Waals surface area contributed by atoms with Gasteiger partial charge in [0.15, 0.2) is 11.6 Å². The summed E-state index contributed by atoms with van der Waals surface area (Å²) in [5.41, 5.74) is 5.65. The molecular weight excluding hydrogens is 202 g/mol. The molecule has 0 amide bonds. The molecule has 3 N–H and O–H groups in total. The lowest BCUT2D eigenvalue weighted by atomic mass is 10.2. The average molecular weight is 223 g/mol. The van der Waals surface area contributed by atoms with Crippen molar-refractivity contribution < 1.29 is 4.74 Å². The summed E-state index contributed by atoms with van der Waals surface area (Å²) >= 11 is 0. The molecule has 1 rings (SSSR count). The van der Waals surface area contributed by atoms with Crippen LogP contribution in [0.1, 0.15) is 27.2 Å². The van der Waals surface area contributed by atoms with Gasteiger partial charge < -0.3 is 15.8 Å². The smallest absolute Gasteiger partial charge is 0.169 e. The molecule has 0 aliphatic carbocycles. The minimum absolute atomic E-state index is 0.141. The van der Waals surface area contributed by atoms with Gasteiger partial charge in [-0.3, -0.25) is 0 Å². The lowest BCUT2D eigenvalue weighted by molar-refractivity contribution is 0.242. The van der Waals surface area contributed by atoms with Crippen LogP contribution >= 0.6 is 0 Å². The van der Waals surface area contributed by atoms with Crippen LogP contribution in [0.25, 0.3) is 0 Å². The molecule has 16 heavy (non-hydrogen) atoms. The van der Waals surface area contributed by atoms with E-state index in [4.69, 9.17) is 10.5 Å². The second kappa shape index (κ2) is 6.33. The van der Waals surface area contributed by atoms with Crippen LogP contribution < -0.4 is 15.8 Å². The van der Waals surface area contributed by atoms with Gasteiger partial charge in [-0.05, 0) is 32.4 Å². The molecular formula is C12H21N3O. The van der Waals surface area contributed by atoms with Crippen molar-refractivity contribution in [2.45, 2.75) is 39.3 Å². The summed E-state index contributed by atoms with van der Waals surface area (Å²) in [5, 5.41) is 3.29. The van der Waals surface area contributed by atoms with Gasteiger partial charge in [-0.2, -0.15) is 0 Å². The van der Waals surface area contributed by atoms with Crippen LogP contribution in [0, 0.1) is 0 Å². The Balaban J connectivity index is 2.77. The topological polar surface area (TPSA) is 60.2 Å². The summed E-state index contributed by atoms with van der Waals surface area (Å²) in [5.74, 6) is 1.55. The molecule has 0 aromatic carbocycles. The second-order valence-corrected chi connectivity index (χ2v) is 4.00. The van der Waals surface area contributed by atoms with Gasteiger partial charge in [0.2, 0.25) is 0 Å². The number of nitrogens with two attached hydrogens (primary N) is 1. The van der Waals surface area contributed by atoms with E-state index < -0.39 is 0 Å². The van der Waals surface area contributed by atoms with E-state index in [2.05, 4.69) is 17.2 Å². The zero-order valence-electron chi connectivity index (χ0n) is 10.2. The highest BCUT2D eigenvalue weighted by molar-refractivity contribution is 5.50. The van der Waals surface area contributed by atoms with Crippen LogP contribution in [0.4, 0.5) is 5.82 Å². The highest BCUT2D eigenvalue weighted by Crippen LogP contribution is 2.22. The first-order valence-corrected chi connectivity index (χ1v) is 5.75. The second-order valence-electron chi connectivity index (χ2n) is 4.00. The van der Waals surface area contributed by atoms with Crippen LogP contribution in [0.15, 0.2) is 18.3 Å². The van der Waals surface area contributed by atoms with Crippen LogP contribution in [0.5, 0.6) is 5.75 Å². The third-order valence-electron chi connectivity index (χ3n) is 2.25. The number of hydrogen-bond acceptors (Lipinski definition) is 4. The molecule has 4 heteroatoms. The molecule has 0 spiro atoms. The molecule has 1 aromatic heterocycles. The number of aromatic nitrogens is 1. The lowest BCUT2D eigenvalue weighted by Crippen LogP contribution is -2.28. The standard InChI is InChI=1S/C12H21N3O/c1-4-10(8-13)15-12-11(16-9(2)3)6-5-7-14-12/h5-7,9-10H,4,8,13H2,1-3H3,(H,14,15). The molecule has 1 heterocycles. The Morgan fingerprint density at radius 1 is 1.50 bits per heavy atom. The van der Waals surface area contributed by atoms with E-state index in [0.717, 1.165) is 18.0 Å². The fourth-order valence-corrected chi connectivity index (χ4v) is 1.37. The number of anilines is 1. The number of nitrogens with zero attached hydrogens (tertiary/aromatic N) is 1. The van der Waals surface area contributed by atoms with Gasteiger partial charge >= 0.3 is 0 Å². The van der Waals surface area contributed by atoms with Crippen LogP contribution in [-0.4, -0.2) is 23.7 Å². The van der Waals surface area contributed by atoms with E-state index in [9.17, 15) is 0 Å². The monoisotopic (exact) mass is 223 g/mol. The fraction of sp³-hybridized carbons (Fsp3) is 0.583. The summed E-state index contributed by atoms with van der Waals surface area (Å²) in [4.78, 5) is 4.28. The van der Waals surface area contributed by atoms with Gasteiger partial charge in [-0.1, -0.05) is 6.92 Å². The van der Waals surface area contributed by atoms with E-state index in [1.807, 2.05) is 26.0 Å². The maximum Gasteiger partial charge on any atom is 0.169 e. The third-order valence-corrected chi connectivity index (χ3v) is 2.25. The minimum atomic E-state index is 0.141. The van der Waals surface area contributed by atoms with Gasteiger partial charge in [-0.15, -0.1) is 0 Å². The Hall–Kier alpha value is -1.29. The zero-order valence-corrected chi connectivity index (χ0v) is 10.2. The molecule has 0 aliphatic heterocycles. The molecule has 0 saturated heterocycles. The summed E-state index contributed by atoms with van der Waals surface area (Å²) < 4.78 is 5.67. The molecule has 1 atom stereocenters. The molecule has 90 valence electrons. The first-order valence-electron chi connectivity index (χ1n) is 5.75. The summed E-state index contributed by atoms with van der Waals surface area (Å²) in [7, 11) is 0.